The second kappa shape index (κ2) is 32.0. The summed E-state index contributed by atoms with van der Waals surface area (Å²) in [5.41, 5.74) is 1.67. The maximum atomic E-state index is 2.49. The van der Waals surface area contributed by atoms with Crippen LogP contribution in [0.4, 0.5) is 0 Å². The van der Waals surface area contributed by atoms with Crippen LogP contribution >= 0.6 is 0 Å². The minimum Gasteiger partial charge on any atom is -0.0654 e. The first-order valence-electron chi connectivity index (χ1n) is 21.2. The molecule has 0 amide bonds. The minimum atomic E-state index is 0.584. The van der Waals surface area contributed by atoms with Crippen LogP contribution in [0, 0.1) is 0 Å². The van der Waals surface area contributed by atoms with Gasteiger partial charge in [0.2, 0.25) is 0 Å². The molecular weight excluding hydrogens is 557 g/mol. The lowest BCUT2D eigenvalue weighted by molar-refractivity contribution is 0.340. The second-order valence-electron chi connectivity index (χ2n) is 15.5. The van der Waals surface area contributed by atoms with Crippen molar-refractivity contribution in [3.8, 4) is 0 Å². The Morgan fingerprint density at radius 2 is 0.689 bits per heavy atom. The van der Waals surface area contributed by atoms with Crippen LogP contribution in [0.5, 0.6) is 0 Å². The zero-order valence-electron chi connectivity index (χ0n) is 31.8. The highest BCUT2D eigenvalue weighted by Crippen LogP contribution is 2.51. The second-order valence-corrected chi connectivity index (χ2v) is 17.4. The van der Waals surface area contributed by atoms with E-state index in [2.05, 4.69) is 51.1 Å². The average Bonchev–Trinajstić information content (AvgIpc) is 3.06. The quantitative estimate of drug-likeness (QED) is 0.0511. The zero-order valence-corrected chi connectivity index (χ0v) is 33.8. The molecule has 0 radical (unpaired) electrons. The molecule has 1 unspecified atom stereocenters. The summed E-state index contributed by atoms with van der Waals surface area (Å²) in [4.78, 5) is 0. The van der Waals surface area contributed by atoms with E-state index in [4.69, 9.17) is 0 Å². The molecule has 45 heavy (non-hydrogen) atoms. The molecule has 0 saturated carbocycles. The van der Waals surface area contributed by atoms with Crippen molar-refractivity contribution in [2.24, 2.45) is 0 Å². The van der Waals surface area contributed by atoms with E-state index in [-0.39, 0.29) is 0 Å². The number of rotatable bonds is 35. The SMILES string of the molecule is CCCCCCCCCCCCC(c1ccccc1)C([SiH3])(CCCCCCCCCCCC)CCCCCCCCCCCC. The van der Waals surface area contributed by atoms with Gasteiger partial charge in [0.15, 0.2) is 0 Å². The van der Waals surface area contributed by atoms with Crippen LogP contribution in [0.3, 0.4) is 0 Å². The van der Waals surface area contributed by atoms with Gasteiger partial charge in [-0.3, -0.25) is 0 Å². The highest BCUT2D eigenvalue weighted by Gasteiger charge is 2.33. The van der Waals surface area contributed by atoms with Gasteiger partial charge >= 0.3 is 0 Å². The Hall–Kier alpha value is -0.563. The van der Waals surface area contributed by atoms with Crippen LogP contribution in [-0.2, 0) is 0 Å². The summed E-state index contributed by atoms with van der Waals surface area (Å²) in [5, 5.41) is 0.584. The summed E-state index contributed by atoms with van der Waals surface area (Å²) < 4.78 is 0. The molecule has 1 aromatic carbocycles. The first kappa shape index (κ1) is 42.5. The van der Waals surface area contributed by atoms with Crippen LogP contribution in [0.2, 0.25) is 5.04 Å². The number of hydrogen-bond donors (Lipinski definition) is 0. The van der Waals surface area contributed by atoms with Crippen LogP contribution in [0.1, 0.15) is 244 Å². The number of hydrogen-bond acceptors (Lipinski definition) is 0. The van der Waals surface area contributed by atoms with Crippen molar-refractivity contribution in [3.63, 3.8) is 0 Å². The maximum Gasteiger partial charge on any atom is 0.0114 e. The largest absolute Gasteiger partial charge is 0.0654 e. The summed E-state index contributed by atoms with van der Waals surface area (Å²) in [6, 6.07) is 11.9. The predicted octanol–water partition coefficient (Wildman–Crippen LogP) is 15.2. The normalized spacial score (nSPS) is 12.7. The molecule has 264 valence electrons. The van der Waals surface area contributed by atoms with Gasteiger partial charge in [-0.2, -0.15) is 0 Å². The van der Waals surface area contributed by atoms with Gasteiger partial charge in [0.05, 0.1) is 0 Å². The predicted molar refractivity (Wildman–Crippen MR) is 211 cm³/mol. The van der Waals surface area contributed by atoms with Crippen molar-refractivity contribution < 1.29 is 0 Å². The fraction of sp³-hybridized carbons (Fsp3) is 0.864. The van der Waals surface area contributed by atoms with Crippen LogP contribution in [-0.4, -0.2) is 10.2 Å². The molecule has 0 aliphatic heterocycles. The number of unbranched alkanes of at least 4 members (excludes halogenated alkanes) is 27. The van der Waals surface area contributed by atoms with Gasteiger partial charge in [-0.25, -0.2) is 0 Å². The third-order valence-corrected chi connectivity index (χ3v) is 12.8. The van der Waals surface area contributed by atoms with E-state index in [1.165, 1.54) is 222 Å². The van der Waals surface area contributed by atoms with Crippen molar-refractivity contribution in [2.75, 3.05) is 0 Å². The average molecular weight is 641 g/mol. The Balaban J connectivity index is 2.62. The topological polar surface area (TPSA) is 0 Å². The first-order chi connectivity index (χ1) is 22.2. The molecule has 0 fully saturated rings. The Bertz CT molecular complexity index is 672. The van der Waals surface area contributed by atoms with E-state index in [0.29, 0.717) is 5.04 Å². The Morgan fingerprint density at radius 1 is 0.400 bits per heavy atom. The fourth-order valence-electron chi connectivity index (χ4n) is 7.94. The van der Waals surface area contributed by atoms with Gasteiger partial charge in [-0.15, -0.1) is 0 Å². The minimum absolute atomic E-state index is 0.584. The van der Waals surface area contributed by atoms with E-state index in [1.54, 1.807) is 5.56 Å². The molecule has 0 aliphatic carbocycles. The summed E-state index contributed by atoms with van der Waals surface area (Å²) >= 11 is 0. The molecule has 0 aromatic heterocycles. The molecule has 0 spiro atoms. The van der Waals surface area contributed by atoms with Crippen molar-refractivity contribution in [2.45, 2.75) is 244 Å². The Kier molecular flexibility index (Phi) is 30.2. The third kappa shape index (κ3) is 24.3. The molecule has 1 atom stereocenters. The molecular formula is C44H84Si. The smallest absolute Gasteiger partial charge is 0.0114 e. The molecule has 1 heteroatoms. The van der Waals surface area contributed by atoms with Gasteiger partial charge in [0.1, 0.15) is 0 Å². The van der Waals surface area contributed by atoms with Crippen molar-refractivity contribution in [1.82, 2.24) is 0 Å². The van der Waals surface area contributed by atoms with Gasteiger partial charge < -0.3 is 0 Å². The summed E-state index contributed by atoms with van der Waals surface area (Å²) in [5.74, 6) is 0.788. The van der Waals surface area contributed by atoms with Gasteiger partial charge in [0, 0.05) is 10.2 Å². The highest BCUT2D eigenvalue weighted by atomic mass is 28.1. The van der Waals surface area contributed by atoms with Crippen LogP contribution in [0.25, 0.3) is 0 Å². The lowest BCUT2D eigenvalue weighted by atomic mass is 9.75. The summed E-state index contributed by atoms with van der Waals surface area (Å²) in [6.45, 7) is 6.98. The monoisotopic (exact) mass is 641 g/mol. The first-order valence-corrected chi connectivity index (χ1v) is 22.2. The van der Waals surface area contributed by atoms with Gasteiger partial charge in [-0.1, -0.05) is 257 Å². The lowest BCUT2D eigenvalue weighted by Gasteiger charge is -2.39. The highest BCUT2D eigenvalue weighted by molar-refractivity contribution is 6.15. The Labute approximate surface area is 288 Å². The van der Waals surface area contributed by atoms with Gasteiger partial charge in [-0.05, 0) is 22.9 Å². The summed E-state index contributed by atoms with van der Waals surface area (Å²) in [6.07, 6.45) is 48.0. The molecule has 0 bridgehead atoms. The van der Waals surface area contributed by atoms with E-state index in [1.807, 2.05) is 0 Å². The molecule has 0 aliphatic rings. The molecule has 1 aromatic rings. The van der Waals surface area contributed by atoms with Crippen molar-refractivity contribution in [3.05, 3.63) is 35.9 Å². The summed E-state index contributed by atoms with van der Waals surface area (Å²) in [7, 11) is 1.35. The standard InChI is InChI=1S/C44H84Si/c1-4-7-10-13-16-19-22-25-28-34-39-43(42-37-32-31-33-38-42)44(45,40-35-29-26-23-20-17-14-11-8-5-2)41-36-30-27-24-21-18-15-12-9-6-3/h31-33,37-38,43H,4-30,34-36,39-41H2,1-3,45H3. The zero-order chi connectivity index (χ0) is 32.5. The molecule has 1 rings (SSSR count). The van der Waals surface area contributed by atoms with E-state index >= 15 is 0 Å². The third-order valence-electron chi connectivity index (χ3n) is 11.1. The van der Waals surface area contributed by atoms with Gasteiger partial charge in [0.25, 0.3) is 0 Å². The lowest BCUT2D eigenvalue weighted by Crippen LogP contribution is -2.23. The van der Waals surface area contributed by atoms with E-state index in [0.717, 1.165) is 5.92 Å². The Morgan fingerprint density at radius 3 is 1.02 bits per heavy atom. The maximum absolute atomic E-state index is 2.49. The fourth-order valence-corrected chi connectivity index (χ4v) is 9.27. The van der Waals surface area contributed by atoms with Crippen LogP contribution < -0.4 is 0 Å². The molecule has 0 saturated heterocycles. The van der Waals surface area contributed by atoms with Crippen molar-refractivity contribution >= 4 is 10.2 Å². The van der Waals surface area contributed by atoms with Crippen molar-refractivity contribution in [1.29, 1.82) is 0 Å². The molecule has 0 nitrogen and oxygen atoms in total. The molecule has 0 N–H and O–H groups in total. The number of benzene rings is 1. The van der Waals surface area contributed by atoms with E-state index < -0.39 is 0 Å². The molecule has 0 heterocycles. The van der Waals surface area contributed by atoms with Crippen LogP contribution in [0.15, 0.2) is 30.3 Å². The van der Waals surface area contributed by atoms with E-state index in [9.17, 15) is 0 Å².